The predicted molar refractivity (Wildman–Crippen MR) is 73.5 cm³/mol. The number of hydrogen-bond donors (Lipinski definition) is 1. The first-order valence-electron chi connectivity index (χ1n) is 5.61. The molecule has 0 bridgehead atoms. The first-order valence-corrected chi connectivity index (χ1v) is 6.40. The van der Waals surface area contributed by atoms with Crippen LogP contribution in [0.2, 0.25) is 0 Å². The Morgan fingerprint density at radius 1 is 1.35 bits per heavy atom. The Morgan fingerprint density at radius 3 is 2.71 bits per heavy atom. The second-order valence-electron chi connectivity index (χ2n) is 4.12. The van der Waals surface area contributed by atoms with Crippen molar-refractivity contribution in [2.24, 2.45) is 0 Å². The van der Waals surface area contributed by atoms with E-state index in [4.69, 9.17) is 0 Å². The van der Waals surface area contributed by atoms with E-state index in [1.807, 2.05) is 30.9 Å². The molecule has 0 spiro atoms. The third-order valence-electron chi connectivity index (χ3n) is 2.86. The van der Waals surface area contributed by atoms with Gasteiger partial charge < -0.3 is 5.32 Å². The van der Waals surface area contributed by atoms with Crippen molar-refractivity contribution in [2.45, 2.75) is 19.9 Å². The van der Waals surface area contributed by atoms with E-state index in [9.17, 15) is 0 Å². The van der Waals surface area contributed by atoms with Gasteiger partial charge in [-0.3, -0.25) is 0 Å². The Bertz CT molecular complexity index is 519. The molecule has 1 N–H and O–H groups in total. The summed E-state index contributed by atoms with van der Waals surface area (Å²) in [6.07, 6.45) is 1.99. The molecule has 4 heteroatoms. The highest BCUT2D eigenvalue weighted by atomic mass is 79.9. The van der Waals surface area contributed by atoms with Crippen LogP contribution in [0.5, 0.6) is 0 Å². The van der Waals surface area contributed by atoms with E-state index < -0.39 is 0 Å². The number of nitrogens with one attached hydrogen (secondary N) is 1. The first kappa shape index (κ1) is 12.3. The van der Waals surface area contributed by atoms with Gasteiger partial charge in [0, 0.05) is 16.7 Å². The molecule has 0 aliphatic heterocycles. The van der Waals surface area contributed by atoms with Crippen molar-refractivity contribution in [3.05, 3.63) is 46.2 Å². The molecular weight excluding hydrogens is 278 g/mol. The average Bonchev–Trinajstić information content (AvgIpc) is 2.75. The third-order valence-corrected chi connectivity index (χ3v) is 3.35. The van der Waals surface area contributed by atoms with E-state index in [1.165, 1.54) is 5.56 Å². The van der Waals surface area contributed by atoms with Crippen molar-refractivity contribution >= 4 is 15.9 Å². The van der Waals surface area contributed by atoms with Crippen molar-refractivity contribution in [1.29, 1.82) is 0 Å². The Labute approximate surface area is 110 Å². The molecular formula is C13H16BrN3. The largest absolute Gasteiger partial charge is 0.313 e. The van der Waals surface area contributed by atoms with Crippen LogP contribution in [0, 0.1) is 6.92 Å². The summed E-state index contributed by atoms with van der Waals surface area (Å²) in [5, 5.41) is 7.73. The molecule has 0 aliphatic rings. The van der Waals surface area contributed by atoms with E-state index in [-0.39, 0.29) is 0 Å². The van der Waals surface area contributed by atoms with Crippen molar-refractivity contribution in [3.63, 3.8) is 0 Å². The SMILES string of the molecule is CNC(C)c1ccc(Br)cc1-n1ccc(C)n1. The average molecular weight is 294 g/mol. The second kappa shape index (κ2) is 5.02. The van der Waals surface area contributed by atoms with Gasteiger partial charge >= 0.3 is 0 Å². The summed E-state index contributed by atoms with van der Waals surface area (Å²) >= 11 is 3.51. The molecule has 3 nitrogen and oxygen atoms in total. The predicted octanol–water partition coefficient (Wildman–Crippen LogP) is 3.22. The maximum Gasteiger partial charge on any atom is 0.0704 e. The standard InChI is InChI=1S/C13H16BrN3/c1-9-6-7-17(16-9)13-8-11(14)4-5-12(13)10(2)15-3/h4-8,10,15H,1-3H3. The Kier molecular flexibility index (Phi) is 3.64. The minimum Gasteiger partial charge on any atom is -0.313 e. The highest BCUT2D eigenvalue weighted by Crippen LogP contribution is 2.25. The summed E-state index contributed by atoms with van der Waals surface area (Å²) in [6.45, 7) is 4.14. The van der Waals surface area contributed by atoms with Crippen LogP contribution in [0.1, 0.15) is 24.2 Å². The summed E-state index contributed by atoms with van der Waals surface area (Å²) in [7, 11) is 1.96. The molecule has 1 atom stereocenters. The number of nitrogens with zero attached hydrogens (tertiary/aromatic N) is 2. The third kappa shape index (κ3) is 2.58. The van der Waals surface area contributed by atoms with Crippen molar-refractivity contribution in [1.82, 2.24) is 15.1 Å². The summed E-state index contributed by atoms with van der Waals surface area (Å²) in [6, 6.07) is 8.58. The van der Waals surface area contributed by atoms with Crippen LogP contribution in [-0.4, -0.2) is 16.8 Å². The molecule has 2 rings (SSSR count). The number of aromatic nitrogens is 2. The molecule has 0 amide bonds. The summed E-state index contributed by atoms with van der Waals surface area (Å²) in [5.74, 6) is 0. The molecule has 0 saturated carbocycles. The molecule has 1 unspecified atom stereocenters. The van der Waals surface area contributed by atoms with Gasteiger partial charge in [-0.2, -0.15) is 5.10 Å². The van der Waals surface area contributed by atoms with Crippen LogP contribution in [0.25, 0.3) is 5.69 Å². The fourth-order valence-corrected chi connectivity index (χ4v) is 2.14. The van der Waals surface area contributed by atoms with Crippen molar-refractivity contribution < 1.29 is 0 Å². The Balaban J connectivity index is 2.54. The summed E-state index contributed by atoms with van der Waals surface area (Å²) in [5.41, 5.74) is 3.36. The molecule has 0 saturated heterocycles. The zero-order valence-electron chi connectivity index (χ0n) is 10.2. The zero-order valence-corrected chi connectivity index (χ0v) is 11.8. The van der Waals surface area contributed by atoms with Crippen LogP contribution < -0.4 is 5.32 Å². The fourth-order valence-electron chi connectivity index (χ4n) is 1.79. The van der Waals surface area contributed by atoms with Crippen LogP contribution in [-0.2, 0) is 0 Å². The number of halogens is 1. The quantitative estimate of drug-likeness (QED) is 0.942. The minimum absolute atomic E-state index is 0.294. The van der Waals surface area contributed by atoms with Gasteiger partial charge in [-0.05, 0) is 44.7 Å². The molecule has 17 heavy (non-hydrogen) atoms. The van der Waals surface area contributed by atoms with Crippen molar-refractivity contribution in [2.75, 3.05) is 7.05 Å². The lowest BCUT2D eigenvalue weighted by molar-refractivity contribution is 0.643. The molecule has 0 radical (unpaired) electrons. The highest BCUT2D eigenvalue weighted by Gasteiger charge is 2.11. The maximum atomic E-state index is 4.47. The highest BCUT2D eigenvalue weighted by molar-refractivity contribution is 9.10. The van der Waals surface area contributed by atoms with E-state index in [2.05, 4.69) is 51.5 Å². The van der Waals surface area contributed by atoms with Gasteiger partial charge in [-0.1, -0.05) is 22.0 Å². The van der Waals surface area contributed by atoms with Gasteiger partial charge in [0.25, 0.3) is 0 Å². The molecule has 2 aromatic rings. The van der Waals surface area contributed by atoms with Crippen LogP contribution >= 0.6 is 15.9 Å². The van der Waals surface area contributed by atoms with Gasteiger partial charge in [-0.25, -0.2) is 4.68 Å². The van der Waals surface area contributed by atoms with E-state index in [1.54, 1.807) is 0 Å². The maximum absolute atomic E-state index is 4.47. The van der Waals surface area contributed by atoms with Crippen LogP contribution in [0.15, 0.2) is 34.9 Å². The van der Waals surface area contributed by atoms with Crippen LogP contribution in [0.3, 0.4) is 0 Å². The van der Waals surface area contributed by atoms with Crippen LogP contribution in [0.4, 0.5) is 0 Å². The van der Waals surface area contributed by atoms with Gasteiger partial charge in [0.1, 0.15) is 0 Å². The second-order valence-corrected chi connectivity index (χ2v) is 5.03. The van der Waals surface area contributed by atoms with Gasteiger partial charge in [-0.15, -0.1) is 0 Å². The molecule has 90 valence electrons. The Hall–Kier alpha value is -1.13. The zero-order chi connectivity index (χ0) is 12.4. The topological polar surface area (TPSA) is 29.9 Å². The molecule has 1 aromatic carbocycles. The molecule has 1 aromatic heterocycles. The van der Waals surface area contributed by atoms with E-state index in [0.29, 0.717) is 6.04 Å². The van der Waals surface area contributed by atoms with Crippen molar-refractivity contribution in [3.8, 4) is 5.69 Å². The lowest BCUT2D eigenvalue weighted by Gasteiger charge is -2.16. The smallest absolute Gasteiger partial charge is 0.0704 e. The lowest BCUT2D eigenvalue weighted by Crippen LogP contribution is -2.15. The summed E-state index contributed by atoms with van der Waals surface area (Å²) < 4.78 is 2.98. The summed E-state index contributed by atoms with van der Waals surface area (Å²) in [4.78, 5) is 0. The number of hydrogen-bond acceptors (Lipinski definition) is 2. The minimum atomic E-state index is 0.294. The fraction of sp³-hybridized carbons (Fsp3) is 0.308. The van der Waals surface area contributed by atoms with Gasteiger partial charge in [0.05, 0.1) is 11.4 Å². The molecule has 1 heterocycles. The van der Waals surface area contributed by atoms with E-state index in [0.717, 1.165) is 15.9 Å². The molecule has 0 fully saturated rings. The van der Waals surface area contributed by atoms with E-state index >= 15 is 0 Å². The molecule has 0 aliphatic carbocycles. The lowest BCUT2D eigenvalue weighted by atomic mass is 10.1. The monoisotopic (exact) mass is 293 g/mol. The first-order chi connectivity index (χ1) is 8.11. The Morgan fingerprint density at radius 2 is 2.12 bits per heavy atom. The number of aryl methyl sites for hydroxylation is 1. The number of rotatable bonds is 3. The van der Waals surface area contributed by atoms with Gasteiger partial charge in [0.15, 0.2) is 0 Å². The normalized spacial score (nSPS) is 12.7. The van der Waals surface area contributed by atoms with Gasteiger partial charge in [0.2, 0.25) is 0 Å². The number of benzene rings is 1.